The second kappa shape index (κ2) is 4.11. The lowest BCUT2D eigenvalue weighted by Gasteiger charge is -1.98. The second-order valence-corrected chi connectivity index (χ2v) is 2.62. The van der Waals surface area contributed by atoms with Crippen LogP contribution in [0.25, 0.3) is 0 Å². The molecule has 0 radical (unpaired) electrons. The molecule has 5 heteroatoms. The third kappa shape index (κ3) is 1.98. The number of carbonyl (C=O) groups excluding carboxylic acids is 1. The molecule has 12 heavy (non-hydrogen) atoms. The highest BCUT2D eigenvalue weighted by atomic mass is 35.5. The van der Waals surface area contributed by atoms with Gasteiger partial charge in [0.15, 0.2) is 0 Å². The van der Waals surface area contributed by atoms with Crippen molar-refractivity contribution in [3.63, 3.8) is 0 Å². The molecule has 0 fully saturated rings. The normalized spacial score (nSPS) is 9.83. The molecule has 1 N–H and O–H groups in total. The first-order valence-electron chi connectivity index (χ1n) is 3.51. The lowest BCUT2D eigenvalue weighted by atomic mass is 10.2. The lowest BCUT2D eigenvalue weighted by Crippen LogP contribution is -2.25. The summed E-state index contributed by atoms with van der Waals surface area (Å²) in [6.07, 6.45) is 1.39. The summed E-state index contributed by atoms with van der Waals surface area (Å²) >= 11 is 5.39. The van der Waals surface area contributed by atoms with Crippen LogP contribution in [0.3, 0.4) is 0 Å². The summed E-state index contributed by atoms with van der Waals surface area (Å²) in [7, 11) is 0. The zero-order valence-corrected chi connectivity index (χ0v) is 7.39. The standard InChI is InChI=1S/C7H9ClN2O2/c1-5-6(4-10-12-5)7(11)9-3-2-8/h4H,2-3H2,1H3,(H,9,11). The maximum atomic E-state index is 11.2. The van der Waals surface area contributed by atoms with Crippen molar-refractivity contribution in [3.05, 3.63) is 17.5 Å². The molecule has 0 unspecified atom stereocenters. The predicted molar refractivity (Wildman–Crippen MR) is 44.3 cm³/mol. The van der Waals surface area contributed by atoms with Gasteiger partial charge in [-0.15, -0.1) is 11.6 Å². The SMILES string of the molecule is Cc1oncc1C(=O)NCCCl. The Morgan fingerprint density at radius 1 is 1.83 bits per heavy atom. The van der Waals surface area contributed by atoms with E-state index in [-0.39, 0.29) is 5.91 Å². The minimum atomic E-state index is -0.200. The van der Waals surface area contributed by atoms with Crippen LogP contribution in [-0.2, 0) is 0 Å². The Kier molecular flexibility index (Phi) is 3.10. The Morgan fingerprint density at radius 3 is 3.08 bits per heavy atom. The van der Waals surface area contributed by atoms with Crippen molar-refractivity contribution in [2.24, 2.45) is 0 Å². The van der Waals surface area contributed by atoms with Crippen molar-refractivity contribution in [3.8, 4) is 0 Å². The van der Waals surface area contributed by atoms with Gasteiger partial charge in [-0.1, -0.05) is 5.16 Å². The van der Waals surface area contributed by atoms with Crippen molar-refractivity contribution in [2.75, 3.05) is 12.4 Å². The highest BCUT2D eigenvalue weighted by Gasteiger charge is 2.11. The number of nitrogens with one attached hydrogen (secondary N) is 1. The molecule has 4 nitrogen and oxygen atoms in total. The fourth-order valence-corrected chi connectivity index (χ4v) is 0.867. The van der Waals surface area contributed by atoms with Crippen LogP contribution in [-0.4, -0.2) is 23.5 Å². The molecule has 0 bridgehead atoms. The first-order valence-corrected chi connectivity index (χ1v) is 4.04. The Hall–Kier alpha value is -1.03. The molecular formula is C7H9ClN2O2. The van der Waals surface area contributed by atoms with Crippen LogP contribution in [0.5, 0.6) is 0 Å². The molecule has 1 heterocycles. The van der Waals surface area contributed by atoms with Gasteiger partial charge in [-0.3, -0.25) is 4.79 Å². The van der Waals surface area contributed by atoms with Crippen LogP contribution < -0.4 is 5.32 Å². The Labute approximate surface area is 74.9 Å². The van der Waals surface area contributed by atoms with Gasteiger partial charge in [0.25, 0.3) is 5.91 Å². The number of amides is 1. The highest BCUT2D eigenvalue weighted by Crippen LogP contribution is 2.04. The van der Waals surface area contributed by atoms with Crippen molar-refractivity contribution in [1.82, 2.24) is 10.5 Å². The number of rotatable bonds is 3. The topological polar surface area (TPSA) is 55.1 Å². The van der Waals surface area contributed by atoms with E-state index in [0.717, 1.165) is 0 Å². The van der Waals surface area contributed by atoms with Crippen molar-refractivity contribution in [2.45, 2.75) is 6.92 Å². The number of halogens is 1. The smallest absolute Gasteiger partial charge is 0.256 e. The summed E-state index contributed by atoms with van der Waals surface area (Å²) in [5.74, 6) is 0.715. The number of carbonyl (C=O) groups is 1. The van der Waals surface area contributed by atoms with Gasteiger partial charge in [0, 0.05) is 12.4 Å². The van der Waals surface area contributed by atoms with E-state index in [9.17, 15) is 4.79 Å². The van der Waals surface area contributed by atoms with Gasteiger partial charge in [0.1, 0.15) is 11.3 Å². The van der Waals surface area contributed by atoms with E-state index < -0.39 is 0 Å². The van der Waals surface area contributed by atoms with Crippen LogP contribution in [0.2, 0.25) is 0 Å². The molecule has 1 aromatic heterocycles. The van der Waals surface area contributed by atoms with Gasteiger partial charge >= 0.3 is 0 Å². The Bertz CT molecular complexity index is 272. The molecular weight excluding hydrogens is 180 g/mol. The van der Waals surface area contributed by atoms with Crippen LogP contribution in [0, 0.1) is 6.92 Å². The average molecular weight is 189 g/mol. The first kappa shape index (κ1) is 9.06. The number of nitrogens with zero attached hydrogens (tertiary/aromatic N) is 1. The largest absolute Gasteiger partial charge is 0.361 e. The Balaban J connectivity index is 2.59. The van der Waals surface area contributed by atoms with Crippen molar-refractivity contribution >= 4 is 17.5 Å². The van der Waals surface area contributed by atoms with Gasteiger partial charge in [0.05, 0.1) is 6.20 Å². The van der Waals surface area contributed by atoms with E-state index in [0.29, 0.717) is 23.7 Å². The molecule has 0 aliphatic rings. The average Bonchev–Trinajstić information content (AvgIpc) is 2.47. The molecule has 1 aromatic rings. The number of aromatic nitrogens is 1. The number of aryl methyl sites for hydroxylation is 1. The van der Waals surface area contributed by atoms with E-state index in [1.807, 2.05) is 0 Å². The predicted octanol–water partition coefficient (Wildman–Crippen LogP) is 0.952. The van der Waals surface area contributed by atoms with E-state index in [1.54, 1.807) is 6.92 Å². The monoisotopic (exact) mass is 188 g/mol. The van der Waals surface area contributed by atoms with E-state index in [4.69, 9.17) is 16.1 Å². The molecule has 0 atom stereocenters. The highest BCUT2D eigenvalue weighted by molar-refractivity contribution is 6.18. The molecule has 0 saturated heterocycles. The minimum absolute atomic E-state index is 0.200. The van der Waals surface area contributed by atoms with Gasteiger partial charge in [0.2, 0.25) is 0 Å². The lowest BCUT2D eigenvalue weighted by molar-refractivity contribution is 0.0954. The zero-order valence-electron chi connectivity index (χ0n) is 6.63. The summed E-state index contributed by atoms with van der Waals surface area (Å²) in [6, 6.07) is 0. The summed E-state index contributed by atoms with van der Waals surface area (Å²) in [6.45, 7) is 2.13. The molecule has 0 saturated carbocycles. The Morgan fingerprint density at radius 2 is 2.58 bits per heavy atom. The zero-order chi connectivity index (χ0) is 8.97. The fraction of sp³-hybridized carbons (Fsp3) is 0.429. The molecule has 1 rings (SSSR count). The molecule has 66 valence electrons. The molecule has 0 spiro atoms. The van der Waals surface area contributed by atoms with Crippen LogP contribution in [0.4, 0.5) is 0 Å². The molecule has 1 amide bonds. The summed E-state index contributed by atoms with van der Waals surface area (Å²) in [5.41, 5.74) is 0.458. The minimum Gasteiger partial charge on any atom is -0.361 e. The third-order valence-electron chi connectivity index (χ3n) is 1.38. The molecule has 0 aliphatic heterocycles. The summed E-state index contributed by atoms with van der Waals surface area (Å²) in [4.78, 5) is 11.2. The molecule has 0 aromatic carbocycles. The number of alkyl halides is 1. The summed E-state index contributed by atoms with van der Waals surface area (Å²) < 4.78 is 4.72. The molecule has 0 aliphatic carbocycles. The van der Waals surface area contributed by atoms with E-state index >= 15 is 0 Å². The van der Waals surface area contributed by atoms with Crippen LogP contribution in [0.1, 0.15) is 16.1 Å². The maximum absolute atomic E-state index is 11.2. The summed E-state index contributed by atoms with van der Waals surface area (Å²) in [5, 5.41) is 6.09. The van der Waals surface area contributed by atoms with Gasteiger partial charge < -0.3 is 9.84 Å². The number of hydrogen-bond donors (Lipinski definition) is 1. The van der Waals surface area contributed by atoms with Crippen LogP contribution in [0.15, 0.2) is 10.7 Å². The quantitative estimate of drug-likeness (QED) is 0.719. The first-order chi connectivity index (χ1) is 5.75. The maximum Gasteiger partial charge on any atom is 0.256 e. The van der Waals surface area contributed by atoms with Gasteiger partial charge in [-0.2, -0.15) is 0 Å². The van der Waals surface area contributed by atoms with Crippen molar-refractivity contribution < 1.29 is 9.32 Å². The van der Waals surface area contributed by atoms with Gasteiger partial charge in [-0.05, 0) is 6.92 Å². The number of hydrogen-bond acceptors (Lipinski definition) is 3. The van der Waals surface area contributed by atoms with Crippen LogP contribution >= 0.6 is 11.6 Å². The van der Waals surface area contributed by atoms with E-state index in [1.165, 1.54) is 6.20 Å². The van der Waals surface area contributed by atoms with Gasteiger partial charge in [-0.25, -0.2) is 0 Å². The van der Waals surface area contributed by atoms with E-state index in [2.05, 4.69) is 10.5 Å². The van der Waals surface area contributed by atoms with Crippen molar-refractivity contribution in [1.29, 1.82) is 0 Å². The third-order valence-corrected chi connectivity index (χ3v) is 1.56. The fourth-order valence-electron chi connectivity index (χ4n) is 0.773. The second-order valence-electron chi connectivity index (χ2n) is 2.24.